The molecule has 142 valence electrons. The summed E-state index contributed by atoms with van der Waals surface area (Å²) < 4.78 is 5.81. The van der Waals surface area contributed by atoms with Crippen LogP contribution in [0, 0.1) is 0 Å². The van der Waals surface area contributed by atoms with Gasteiger partial charge in [-0.05, 0) is 68.9 Å². The fourth-order valence-electron chi connectivity index (χ4n) is 4.85. The molecule has 3 heteroatoms. The van der Waals surface area contributed by atoms with Gasteiger partial charge in [-0.25, -0.2) is 4.79 Å². The maximum atomic E-state index is 12.6. The van der Waals surface area contributed by atoms with Gasteiger partial charge >= 0.3 is 5.97 Å². The zero-order chi connectivity index (χ0) is 18.9. The van der Waals surface area contributed by atoms with Crippen molar-refractivity contribution in [1.29, 1.82) is 0 Å². The number of carbonyl (C=O) groups excluding carboxylic acids is 1. The number of esters is 1. The molecule has 0 radical (unpaired) electrons. The van der Waals surface area contributed by atoms with Crippen LogP contribution in [0.25, 0.3) is 10.8 Å². The summed E-state index contributed by atoms with van der Waals surface area (Å²) in [5.41, 5.74) is 0.583. The minimum atomic E-state index is -0.296. The van der Waals surface area contributed by atoms with Crippen LogP contribution < -0.4 is 4.74 Å². The van der Waals surface area contributed by atoms with Gasteiger partial charge in [-0.15, -0.1) is 0 Å². The molecule has 0 N–H and O–H groups in total. The summed E-state index contributed by atoms with van der Waals surface area (Å²) in [6.45, 7) is 0. The number of hydrogen-bond donors (Lipinski definition) is 0. The van der Waals surface area contributed by atoms with Crippen molar-refractivity contribution in [2.24, 2.45) is 0 Å². The minimum absolute atomic E-state index is 0.296. The Hall–Kier alpha value is -2.26. The normalized spacial score (nSPS) is 24.1. The molecule has 0 atom stereocenters. The lowest BCUT2D eigenvalue weighted by Crippen LogP contribution is -2.40. The third-order valence-corrected chi connectivity index (χ3v) is 9.38. The summed E-state index contributed by atoms with van der Waals surface area (Å²) in [6, 6.07) is 21.9. The Bertz CT molecular complexity index is 976. The molecule has 0 saturated carbocycles. The third-order valence-electron chi connectivity index (χ3n) is 6.13. The fraction of sp³-hybridized carbons (Fsp3) is 0.320. The first-order chi connectivity index (χ1) is 13.8. The van der Waals surface area contributed by atoms with E-state index in [1.165, 1.54) is 48.8 Å². The Morgan fingerprint density at radius 1 is 0.750 bits per heavy atom. The first-order valence-electron chi connectivity index (χ1n) is 10.3. The first-order valence-corrected chi connectivity index (χ1v) is 11.7. The molecule has 0 aliphatic carbocycles. The second-order valence-corrected chi connectivity index (χ2v) is 10.4. The molecule has 2 aliphatic heterocycles. The molecular formula is C25H25O2S+. The van der Waals surface area contributed by atoms with Gasteiger partial charge in [-0.1, -0.05) is 36.4 Å². The van der Waals surface area contributed by atoms with E-state index < -0.39 is 0 Å². The van der Waals surface area contributed by atoms with E-state index in [-0.39, 0.29) is 5.97 Å². The number of fused-ring (bicyclic) bond motifs is 3. The van der Waals surface area contributed by atoms with Gasteiger partial charge in [0.25, 0.3) is 0 Å². The Kier molecular flexibility index (Phi) is 4.86. The fourth-order valence-corrected chi connectivity index (χ4v) is 8.45. The molecule has 0 amide bonds. The van der Waals surface area contributed by atoms with E-state index in [2.05, 4.69) is 24.3 Å². The van der Waals surface area contributed by atoms with Gasteiger partial charge in [-0.3, -0.25) is 0 Å². The van der Waals surface area contributed by atoms with Crippen LogP contribution >= 0.6 is 0 Å². The van der Waals surface area contributed by atoms with Crippen molar-refractivity contribution < 1.29 is 9.53 Å². The second-order valence-electron chi connectivity index (χ2n) is 7.84. The summed E-state index contributed by atoms with van der Waals surface area (Å²) in [5.74, 6) is 0.370. The van der Waals surface area contributed by atoms with E-state index in [0.717, 1.165) is 15.9 Å². The number of carbonyl (C=O) groups is 1. The highest BCUT2D eigenvalue weighted by atomic mass is 32.2. The lowest BCUT2D eigenvalue weighted by atomic mass is 9.99. The number of benzene rings is 3. The summed E-state index contributed by atoms with van der Waals surface area (Å²) in [7, 11) is 0.324. The summed E-state index contributed by atoms with van der Waals surface area (Å²) in [4.78, 5) is 14.1. The van der Waals surface area contributed by atoms with Crippen LogP contribution in [0.4, 0.5) is 0 Å². The van der Waals surface area contributed by atoms with Crippen LogP contribution in [0.5, 0.6) is 5.75 Å². The summed E-state index contributed by atoms with van der Waals surface area (Å²) >= 11 is 0. The Labute approximate surface area is 169 Å². The highest BCUT2D eigenvalue weighted by Gasteiger charge is 2.46. The lowest BCUT2D eigenvalue weighted by Gasteiger charge is -2.35. The number of rotatable bonds is 3. The quantitative estimate of drug-likeness (QED) is 0.305. The predicted molar refractivity (Wildman–Crippen MR) is 116 cm³/mol. The molecule has 2 aliphatic rings. The topological polar surface area (TPSA) is 26.3 Å². The smallest absolute Gasteiger partial charge is 0.343 e. The molecule has 2 fully saturated rings. The highest BCUT2D eigenvalue weighted by Crippen LogP contribution is 2.45. The largest absolute Gasteiger partial charge is 0.422 e. The number of ether oxygens (including phenoxy) is 1. The molecule has 3 aromatic carbocycles. The van der Waals surface area contributed by atoms with Crippen molar-refractivity contribution >= 4 is 27.6 Å². The van der Waals surface area contributed by atoms with Crippen LogP contribution in [-0.2, 0) is 10.9 Å². The van der Waals surface area contributed by atoms with Gasteiger partial charge in [0.2, 0.25) is 0 Å². The maximum absolute atomic E-state index is 12.6. The molecule has 0 unspecified atom stereocenters. The maximum Gasteiger partial charge on any atom is 0.343 e. The van der Waals surface area contributed by atoms with Crippen molar-refractivity contribution in [2.45, 2.75) is 53.9 Å². The van der Waals surface area contributed by atoms with Crippen molar-refractivity contribution in [1.82, 2.24) is 0 Å². The van der Waals surface area contributed by atoms with Crippen molar-refractivity contribution in [3.63, 3.8) is 0 Å². The van der Waals surface area contributed by atoms with Crippen LogP contribution in [0.3, 0.4) is 0 Å². The standard InChI is InChI=1S/C25H25O2S/c26-25(18-8-2-1-3-9-18)27-23-16-17-24(22-15-5-4-14-21(22)23)28-19-10-6-11-20(28)13-7-12-19/h1-5,8-9,14-17,19-20H,6-7,10-13H2/q+1. The van der Waals surface area contributed by atoms with Crippen LogP contribution in [0.15, 0.2) is 71.6 Å². The zero-order valence-corrected chi connectivity index (χ0v) is 16.8. The molecule has 2 nitrogen and oxygen atoms in total. The van der Waals surface area contributed by atoms with Gasteiger partial charge < -0.3 is 4.74 Å². The van der Waals surface area contributed by atoms with Crippen molar-refractivity contribution in [3.05, 3.63) is 72.3 Å². The predicted octanol–water partition coefficient (Wildman–Crippen LogP) is 6.14. The SMILES string of the molecule is O=C(Oc1ccc([S+]2C3CCCC2CCC3)c2ccccc12)c1ccccc1. The van der Waals surface area contributed by atoms with Crippen molar-refractivity contribution in [2.75, 3.05) is 0 Å². The van der Waals surface area contributed by atoms with E-state index in [0.29, 0.717) is 22.2 Å². The third kappa shape index (κ3) is 3.22. The van der Waals surface area contributed by atoms with Gasteiger partial charge in [0, 0.05) is 21.7 Å². The Morgan fingerprint density at radius 2 is 1.36 bits per heavy atom. The Morgan fingerprint density at radius 3 is 2.04 bits per heavy atom. The van der Waals surface area contributed by atoms with E-state index in [1.54, 1.807) is 12.1 Å². The molecule has 3 aromatic rings. The average molecular weight is 390 g/mol. The zero-order valence-electron chi connectivity index (χ0n) is 16.0. The molecule has 28 heavy (non-hydrogen) atoms. The van der Waals surface area contributed by atoms with Gasteiger partial charge in [0.15, 0.2) is 4.90 Å². The monoisotopic (exact) mass is 389 g/mol. The van der Waals surface area contributed by atoms with Gasteiger partial charge in [0.1, 0.15) is 16.2 Å². The van der Waals surface area contributed by atoms with E-state index in [4.69, 9.17) is 4.74 Å². The minimum Gasteiger partial charge on any atom is -0.422 e. The molecule has 0 aromatic heterocycles. The molecule has 5 rings (SSSR count). The summed E-state index contributed by atoms with van der Waals surface area (Å²) in [5, 5.41) is 4.01. The van der Waals surface area contributed by atoms with Crippen LogP contribution in [-0.4, -0.2) is 16.5 Å². The molecule has 2 saturated heterocycles. The molecular weight excluding hydrogens is 364 g/mol. The molecule has 0 spiro atoms. The van der Waals surface area contributed by atoms with E-state index >= 15 is 0 Å². The number of hydrogen-bond acceptors (Lipinski definition) is 2. The summed E-state index contributed by atoms with van der Waals surface area (Å²) in [6.07, 6.45) is 8.28. The van der Waals surface area contributed by atoms with Crippen LogP contribution in [0.2, 0.25) is 0 Å². The van der Waals surface area contributed by atoms with Gasteiger partial charge in [0.05, 0.1) is 5.56 Å². The van der Waals surface area contributed by atoms with Crippen LogP contribution in [0.1, 0.15) is 48.9 Å². The molecule has 2 bridgehead atoms. The average Bonchev–Trinajstić information content (AvgIpc) is 2.74. The lowest BCUT2D eigenvalue weighted by molar-refractivity contribution is 0.0737. The van der Waals surface area contributed by atoms with Crippen molar-refractivity contribution in [3.8, 4) is 5.75 Å². The molecule has 2 heterocycles. The highest BCUT2D eigenvalue weighted by molar-refractivity contribution is 7.98. The van der Waals surface area contributed by atoms with Gasteiger partial charge in [-0.2, -0.15) is 0 Å². The Balaban J connectivity index is 1.54. The van der Waals surface area contributed by atoms with E-state index in [1.807, 2.05) is 30.3 Å². The van der Waals surface area contributed by atoms with E-state index in [9.17, 15) is 4.79 Å². The first kappa shape index (κ1) is 17.8. The second kappa shape index (κ2) is 7.63.